The predicted octanol–water partition coefficient (Wildman–Crippen LogP) is 5.61. The van der Waals surface area contributed by atoms with Crippen molar-refractivity contribution in [2.75, 3.05) is 18.0 Å². The van der Waals surface area contributed by atoms with E-state index in [1.807, 2.05) is 13.8 Å². The first-order valence-electron chi connectivity index (χ1n) is 10.5. The van der Waals surface area contributed by atoms with Crippen LogP contribution >= 0.6 is 11.6 Å². The number of rotatable bonds is 7. The van der Waals surface area contributed by atoms with Gasteiger partial charge < -0.3 is 15.0 Å². The lowest BCUT2D eigenvalue weighted by atomic mass is 9.99. The van der Waals surface area contributed by atoms with Crippen molar-refractivity contribution in [1.29, 1.82) is 0 Å². The summed E-state index contributed by atoms with van der Waals surface area (Å²) in [5, 5.41) is 3.73. The van der Waals surface area contributed by atoms with Gasteiger partial charge in [-0.15, -0.1) is 0 Å². The predicted molar refractivity (Wildman–Crippen MR) is 120 cm³/mol. The summed E-state index contributed by atoms with van der Waals surface area (Å²) in [5.74, 6) is 1.28. The minimum absolute atomic E-state index is 0.0836. The van der Waals surface area contributed by atoms with Crippen molar-refractivity contribution in [3.63, 3.8) is 0 Å². The van der Waals surface area contributed by atoms with Crippen LogP contribution in [0, 0.1) is 5.92 Å². The summed E-state index contributed by atoms with van der Waals surface area (Å²) in [7, 11) is 0. The summed E-state index contributed by atoms with van der Waals surface area (Å²) < 4.78 is 5.85. The molecule has 5 heteroatoms. The van der Waals surface area contributed by atoms with Crippen molar-refractivity contribution in [1.82, 2.24) is 5.32 Å². The van der Waals surface area contributed by atoms with Crippen LogP contribution in [0.25, 0.3) is 0 Å². The number of piperidine rings is 1. The van der Waals surface area contributed by atoms with E-state index in [2.05, 4.69) is 41.4 Å². The van der Waals surface area contributed by atoms with Gasteiger partial charge in [-0.2, -0.15) is 0 Å². The van der Waals surface area contributed by atoms with Gasteiger partial charge in [-0.25, -0.2) is 0 Å². The average Bonchev–Trinajstić information content (AvgIpc) is 2.73. The third-order valence-corrected chi connectivity index (χ3v) is 5.78. The number of carbonyl (C=O) groups excluding carboxylic acids is 1. The molecule has 0 spiro atoms. The SMILES string of the molecule is CCC(Oc1ccc(Cl)cc1)C(=O)NC(C)c1ccc(N2CCCC(C)C2)cc1. The molecule has 0 saturated carbocycles. The molecular formula is C24H31ClN2O2. The Morgan fingerprint density at radius 1 is 1.21 bits per heavy atom. The van der Waals surface area contributed by atoms with Crippen molar-refractivity contribution < 1.29 is 9.53 Å². The Labute approximate surface area is 179 Å². The van der Waals surface area contributed by atoms with Crippen LogP contribution in [0.3, 0.4) is 0 Å². The first-order chi connectivity index (χ1) is 14.0. The molecule has 3 atom stereocenters. The van der Waals surface area contributed by atoms with E-state index >= 15 is 0 Å². The zero-order valence-corrected chi connectivity index (χ0v) is 18.3. The number of nitrogens with one attached hydrogen (secondary N) is 1. The van der Waals surface area contributed by atoms with Crippen molar-refractivity contribution >= 4 is 23.2 Å². The number of anilines is 1. The van der Waals surface area contributed by atoms with Crippen molar-refractivity contribution in [2.45, 2.75) is 52.2 Å². The Morgan fingerprint density at radius 2 is 1.90 bits per heavy atom. The van der Waals surface area contributed by atoms with Gasteiger partial charge in [-0.1, -0.05) is 37.6 Å². The van der Waals surface area contributed by atoms with Crippen molar-refractivity contribution in [3.8, 4) is 5.75 Å². The van der Waals surface area contributed by atoms with Gasteiger partial charge >= 0.3 is 0 Å². The van der Waals surface area contributed by atoms with Gasteiger partial charge in [0.2, 0.25) is 0 Å². The maximum absolute atomic E-state index is 12.7. The Morgan fingerprint density at radius 3 is 2.52 bits per heavy atom. The average molecular weight is 415 g/mol. The standard InChI is InChI=1S/C24H31ClN2O2/c1-4-23(29-22-13-9-20(25)10-14-22)24(28)26-18(3)19-7-11-21(12-8-19)27-15-5-6-17(2)16-27/h7-14,17-18,23H,4-6,15-16H2,1-3H3,(H,26,28). The van der Waals surface area contributed by atoms with E-state index in [9.17, 15) is 4.79 Å². The third-order valence-electron chi connectivity index (χ3n) is 5.53. The summed E-state index contributed by atoms with van der Waals surface area (Å²) in [6.45, 7) is 8.50. The van der Waals surface area contributed by atoms with E-state index in [0.29, 0.717) is 17.2 Å². The van der Waals surface area contributed by atoms with Crippen molar-refractivity contribution in [3.05, 3.63) is 59.1 Å². The van der Waals surface area contributed by atoms with Crippen LogP contribution in [0.4, 0.5) is 5.69 Å². The minimum Gasteiger partial charge on any atom is -0.481 e. The molecule has 156 valence electrons. The monoisotopic (exact) mass is 414 g/mol. The summed E-state index contributed by atoms with van der Waals surface area (Å²) in [6.07, 6.45) is 2.62. The quantitative estimate of drug-likeness (QED) is 0.640. The van der Waals surface area contributed by atoms with Crippen LogP contribution in [-0.2, 0) is 4.79 Å². The van der Waals surface area contributed by atoms with Gasteiger partial charge in [-0.3, -0.25) is 4.79 Å². The lowest BCUT2D eigenvalue weighted by Gasteiger charge is -2.33. The molecule has 1 N–H and O–H groups in total. The molecule has 1 saturated heterocycles. The molecule has 1 aliphatic rings. The fourth-order valence-corrected chi connectivity index (χ4v) is 3.91. The molecule has 2 aromatic carbocycles. The highest BCUT2D eigenvalue weighted by Crippen LogP contribution is 2.25. The zero-order valence-electron chi connectivity index (χ0n) is 17.5. The molecule has 0 aromatic heterocycles. The molecule has 0 bridgehead atoms. The van der Waals surface area contributed by atoms with E-state index in [0.717, 1.165) is 24.6 Å². The molecule has 1 amide bonds. The van der Waals surface area contributed by atoms with Crippen LogP contribution in [-0.4, -0.2) is 25.1 Å². The number of ether oxygens (including phenoxy) is 1. The molecule has 1 fully saturated rings. The van der Waals surface area contributed by atoms with Crippen LogP contribution in [0.15, 0.2) is 48.5 Å². The normalized spacial score (nSPS) is 18.8. The highest BCUT2D eigenvalue weighted by Gasteiger charge is 2.21. The van der Waals surface area contributed by atoms with E-state index in [1.165, 1.54) is 18.5 Å². The van der Waals surface area contributed by atoms with Gasteiger partial charge in [0.25, 0.3) is 5.91 Å². The number of carbonyl (C=O) groups is 1. The maximum atomic E-state index is 12.7. The molecule has 3 rings (SSSR count). The number of amides is 1. The van der Waals surface area contributed by atoms with Gasteiger partial charge in [0.05, 0.1) is 6.04 Å². The molecule has 4 nitrogen and oxygen atoms in total. The molecule has 1 heterocycles. The highest BCUT2D eigenvalue weighted by molar-refractivity contribution is 6.30. The van der Waals surface area contributed by atoms with Gasteiger partial charge in [0.1, 0.15) is 5.75 Å². The molecule has 0 radical (unpaired) electrons. The fraction of sp³-hybridized carbons (Fsp3) is 0.458. The minimum atomic E-state index is -0.535. The number of halogens is 1. The second-order valence-corrected chi connectivity index (χ2v) is 8.42. The fourth-order valence-electron chi connectivity index (χ4n) is 3.79. The van der Waals surface area contributed by atoms with Crippen LogP contribution in [0.5, 0.6) is 5.75 Å². The van der Waals surface area contributed by atoms with Gasteiger partial charge in [-0.05, 0) is 74.1 Å². The molecular weight excluding hydrogens is 384 g/mol. The first kappa shape index (κ1) is 21.5. The summed E-state index contributed by atoms with van der Waals surface area (Å²) >= 11 is 5.91. The second kappa shape index (κ2) is 10.0. The third kappa shape index (κ3) is 5.89. The number of nitrogens with zero attached hydrogens (tertiary/aromatic N) is 1. The zero-order chi connectivity index (χ0) is 20.8. The maximum Gasteiger partial charge on any atom is 0.261 e. The van der Waals surface area contributed by atoms with Crippen LogP contribution in [0.1, 0.15) is 51.6 Å². The molecule has 29 heavy (non-hydrogen) atoms. The van der Waals surface area contributed by atoms with E-state index < -0.39 is 6.10 Å². The van der Waals surface area contributed by atoms with E-state index in [4.69, 9.17) is 16.3 Å². The molecule has 1 aliphatic heterocycles. The topological polar surface area (TPSA) is 41.6 Å². The molecule has 2 aromatic rings. The summed E-state index contributed by atoms with van der Waals surface area (Å²) in [6, 6.07) is 15.5. The largest absolute Gasteiger partial charge is 0.481 e. The van der Waals surface area contributed by atoms with Crippen molar-refractivity contribution in [2.24, 2.45) is 5.92 Å². The number of benzene rings is 2. The Bertz CT molecular complexity index is 792. The Balaban J connectivity index is 1.58. The number of hydrogen-bond acceptors (Lipinski definition) is 3. The molecule has 3 unspecified atom stereocenters. The van der Waals surface area contributed by atoms with Gasteiger partial charge in [0, 0.05) is 23.8 Å². The smallest absolute Gasteiger partial charge is 0.261 e. The Hall–Kier alpha value is -2.20. The van der Waals surface area contributed by atoms with Gasteiger partial charge in [0.15, 0.2) is 6.10 Å². The first-order valence-corrected chi connectivity index (χ1v) is 10.9. The highest BCUT2D eigenvalue weighted by atomic mass is 35.5. The summed E-state index contributed by atoms with van der Waals surface area (Å²) in [4.78, 5) is 15.2. The van der Waals surface area contributed by atoms with E-state index in [-0.39, 0.29) is 11.9 Å². The number of hydrogen-bond donors (Lipinski definition) is 1. The summed E-state index contributed by atoms with van der Waals surface area (Å²) in [5.41, 5.74) is 2.35. The van der Waals surface area contributed by atoms with E-state index in [1.54, 1.807) is 24.3 Å². The second-order valence-electron chi connectivity index (χ2n) is 7.98. The lowest BCUT2D eigenvalue weighted by molar-refractivity contribution is -0.128. The van der Waals surface area contributed by atoms with Crippen LogP contribution < -0.4 is 15.0 Å². The Kier molecular flexibility index (Phi) is 7.43. The lowest BCUT2D eigenvalue weighted by Crippen LogP contribution is -2.39. The molecule has 0 aliphatic carbocycles. The van der Waals surface area contributed by atoms with Crippen LogP contribution in [0.2, 0.25) is 5.02 Å².